The molecule has 6 nitrogen and oxygen atoms in total. The molecule has 0 bridgehead atoms. The maximum absolute atomic E-state index is 11.2. The second-order valence-electron chi connectivity index (χ2n) is 4.57. The van der Waals surface area contributed by atoms with E-state index in [2.05, 4.69) is 0 Å². The Morgan fingerprint density at radius 1 is 1.41 bits per heavy atom. The van der Waals surface area contributed by atoms with Gasteiger partial charge in [0.1, 0.15) is 12.2 Å². The van der Waals surface area contributed by atoms with Crippen LogP contribution >= 0.6 is 0 Å². The van der Waals surface area contributed by atoms with Crippen molar-refractivity contribution in [1.29, 1.82) is 0 Å². The van der Waals surface area contributed by atoms with E-state index in [-0.39, 0.29) is 6.42 Å². The molecule has 17 heavy (non-hydrogen) atoms. The number of esters is 1. The first kappa shape index (κ1) is 14.4. The Hall–Kier alpha value is -0.690. The third-order valence-corrected chi connectivity index (χ3v) is 2.85. The molecule has 0 saturated carbocycles. The number of rotatable bonds is 3. The van der Waals surface area contributed by atoms with Crippen molar-refractivity contribution in [3.05, 3.63) is 0 Å². The summed E-state index contributed by atoms with van der Waals surface area (Å²) in [6, 6.07) is 0. The van der Waals surface area contributed by atoms with Gasteiger partial charge in [-0.25, -0.2) is 0 Å². The van der Waals surface area contributed by atoms with E-state index < -0.39 is 36.2 Å². The molecule has 0 aliphatic carbocycles. The summed E-state index contributed by atoms with van der Waals surface area (Å²) < 4.78 is 15.5. The van der Waals surface area contributed by atoms with Crippen LogP contribution in [0.3, 0.4) is 0 Å². The van der Waals surface area contributed by atoms with E-state index in [1.54, 1.807) is 20.8 Å². The van der Waals surface area contributed by atoms with Gasteiger partial charge in [0.15, 0.2) is 12.4 Å². The van der Waals surface area contributed by atoms with Gasteiger partial charge in [0, 0.05) is 13.5 Å². The van der Waals surface area contributed by atoms with E-state index in [4.69, 9.17) is 14.2 Å². The van der Waals surface area contributed by atoms with E-state index in [1.807, 2.05) is 0 Å². The first-order valence-electron chi connectivity index (χ1n) is 5.59. The van der Waals surface area contributed by atoms with Crippen molar-refractivity contribution in [3.63, 3.8) is 0 Å². The number of methoxy groups -OCH3 is 1. The van der Waals surface area contributed by atoms with E-state index in [9.17, 15) is 15.0 Å². The fourth-order valence-corrected chi connectivity index (χ4v) is 1.73. The first-order valence-corrected chi connectivity index (χ1v) is 5.59. The molecule has 2 N–H and O–H groups in total. The molecule has 1 fully saturated rings. The van der Waals surface area contributed by atoms with Gasteiger partial charge >= 0.3 is 5.97 Å². The Balaban J connectivity index is 2.83. The topological polar surface area (TPSA) is 85.2 Å². The number of carbonyl (C=O) groups is 1. The van der Waals surface area contributed by atoms with Gasteiger partial charge in [-0.1, -0.05) is 6.92 Å². The van der Waals surface area contributed by atoms with Crippen molar-refractivity contribution in [3.8, 4) is 0 Å². The molecule has 0 aromatic carbocycles. The SMILES string of the molecule is CCC(=O)O[C@@H]1[C@H](OC)OC(C)(C)[C@@H](O)[C@@H]1O. The van der Waals surface area contributed by atoms with Crippen LogP contribution in [0.5, 0.6) is 0 Å². The minimum absolute atomic E-state index is 0.180. The zero-order valence-corrected chi connectivity index (χ0v) is 10.5. The Morgan fingerprint density at radius 2 is 2.00 bits per heavy atom. The van der Waals surface area contributed by atoms with Gasteiger partial charge in [-0.2, -0.15) is 0 Å². The summed E-state index contributed by atoms with van der Waals surface area (Å²) >= 11 is 0. The summed E-state index contributed by atoms with van der Waals surface area (Å²) in [5.41, 5.74) is -0.963. The van der Waals surface area contributed by atoms with Crippen molar-refractivity contribution in [2.45, 2.75) is 57.4 Å². The molecule has 6 heteroatoms. The molecule has 1 heterocycles. The number of hydrogen-bond donors (Lipinski definition) is 2. The van der Waals surface area contributed by atoms with Crippen LogP contribution in [0.15, 0.2) is 0 Å². The maximum atomic E-state index is 11.2. The summed E-state index contributed by atoms with van der Waals surface area (Å²) in [6.45, 7) is 4.90. The molecule has 0 spiro atoms. The first-order chi connectivity index (χ1) is 7.83. The molecular weight excluding hydrogens is 228 g/mol. The van der Waals surface area contributed by atoms with Gasteiger partial charge in [0.25, 0.3) is 0 Å². The molecule has 1 rings (SSSR count). The van der Waals surface area contributed by atoms with Crippen LogP contribution in [0.25, 0.3) is 0 Å². The highest BCUT2D eigenvalue weighted by molar-refractivity contribution is 5.69. The van der Waals surface area contributed by atoms with Gasteiger partial charge in [-0.15, -0.1) is 0 Å². The van der Waals surface area contributed by atoms with Gasteiger partial charge in [-0.05, 0) is 13.8 Å². The van der Waals surface area contributed by atoms with E-state index >= 15 is 0 Å². The minimum Gasteiger partial charge on any atom is -0.454 e. The molecule has 0 aromatic heterocycles. The minimum atomic E-state index is -1.24. The molecule has 1 aliphatic rings. The molecule has 0 amide bonds. The average molecular weight is 248 g/mol. The summed E-state index contributed by atoms with van der Waals surface area (Å²) in [6.07, 6.45) is -4.11. The second kappa shape index (κ2) is 5.30. The standard InChI is InChI=1S/C11H20O6/c1-5-6(12)16-8-7(13)9(14)11(2,3)17-10(8)15-4/h7-10,13-14H,5H2,1-4H3/t7-,8+,9+,10-/m1/s1. The third-order valence-electron chi connectivity index (χ3n) is 2.85. The summed E-state index contributed by atoms with van der Waals surface area (Å²) in [5, 5.41) is 19.8. The average Bonchev–Trinajstić information content (AvgIpc) is 2.29. The van der Waals surface area contributed by atoms with Gasteiger partial charge in [0.05, 0.1) is 5.60 Å². The molecule has 0 unspecified atom stereocenters. The van der Waals surface area contributed by atoms with Crippen molar-refractivity contribution in [2.75, 3.05) is 7.11 Å². The van der Waals surface area contributed by atoms with Crippen LogP contribution in [0.4, 0.5) is 0 Å². The van der Waals surface area contributed by atoms with Crippen LogP contribution < -0.4 is 0 Å². The lowest BCUT2D eigenvalue weighted by Gasteiger charge is -2.45. The van der Waals surface area contributed by atoms with Gasteiger partial charge in [0.2, 0.25) is 0 Å². The number of ether oxygens (including phenoxy) is 3. The largest absolute Gasteiger partial charge is 0.454 e. The zero-order valence-electron chi connectivity index (χ0n) is 10.5. The molecule has 100 valence electrons. The van der Waals surface area contributed by atoms with Gasteiger partial charge < -0.3 is 24.4 Å². The molecule has 1 saturated heterocycles. The lowest BCUT2D eigenvalue weighted by Crippen LogP contribution is -2.63. The van der Waals surface area contributed by atoms with Crippen LogP contribution in [0, 0.1) is 0 Å². The highest BCUT2D eigenvalue weighted by Gasteiger charge is 2.50. The summed E-state index contributed by atoms with van der Waals surface area (Å²) in [4.78, 5) is 11.2. The van der Waals surface area contributed by atoms with Crippen LogP contribution in [0.1, 0.15) is 27.2 Å². The van der Waals surface area contributed by atoms with Gasteiger partial charge in [-0.3, -0.25) is 4.79 Å². The molecular formula is C11H20O6. The van der Waals surface area contributed by atoms with E-state index in [1.165, 1.54) is 7.11 Å². The molecule has 0 aromatic rings. The fourth-order valence-electron chi connectivity index (χ4n) is 1.73. The zero-order chi connectivity index (χ0) is 13.2. The lowest BCUT2D eigenvalue weighted by molar-refractivity contribution is -0.319. The predicted molar refractivity (Wildman–Crippen MR) is 58.1 cm³/mol. The highest BCUT2D eigenvalue weighted by atomic mass is 16.7. The number of hydrogen-bond acceptors (Lipinski definition) is 6. The number of carbonyl (C=O) groups excluding carboxylic acids is 1. The monoisotopic (exact) mass is 248 g/mol. The van der Waals surface area contributed by atoms with Crippen molar-refractivity contribution in [2.24, 2.45) is 0 Å². The number of aliphatic hydroxyl groups is 2. The lowest BCUT2D eigenvalue weighted by atomic mass is 9.90. The number of aliphatic hydroxyl groups excluding tert-OH is 2. The van der Waals surface area contributed by atoms with Crippen LogP contribution in [-0.4, -0.2) is 53.5 Å². The van der Waals surface area contributed by atoms with Crippen LogP contribution in [0.2, 0.25) is 0 Å². The third kappa shape index (κ3) is 2.95. The normalized spacial score (nSPS) is 36.6. The fraction of sp³-hybridized carbons (Fsp3) is 0.909. The summed E-state index contributed by atoms with van der Waals surface area (Å²) in [7, 11) is 1.39. The second-order valence-corrected chi connectivity index (χ2v) is 4.57. The maximum Gasteiger partial charge on any atom is 0.306 e. The predicted octanol–water partition coefficient (Wildman–Crippen LogP) is -0.189. The summed E-state index contributed by atoms with van der Waals surface area (Å²) in [5.74, 6) is -0.480. The molecule has 0 radical (unpaired) electrons. The van der Waals surface area contributed by atoms with Crippen LogP contribution in [-0.2, 0) is 19.0 Å². The molecule has 1 aliphatic heterocycles. The Bertz CT molecular complexity index is 275. The van der Waals surface area contributed by atoms with E-state index in [0.29, 0.717) is 0 Å². The van der Waals surface area contributed by atoms with Crippen molar-refractivity contribution >= 4 is 5.97 Å². The Morgan fingerprint density at radius 3 is 2.47 bits per heavy atom. The smallest absolute Gasteiger partial charge is 0.306 e. The van der Waals surface area contributed by atoms with Crippen molar-refractivity contribution in [1.82, 2.24) is 0 Å². The highest BCUT2D eigenvalue weighted by Crippen LogP contribution is 2.31. The Kier molecular flexibility index (Phi) is 4.48. The quantitative estimate of drug-likeness (QED) is 0.673. The van der Waals surface area contributed by atoms with Crippen molar-refractivity contribution < 1.29 is 29.2 Å². The Labute approximate surface area is 100 Å². The van der Waals surface area contributed by atoms with E-state index in [0.717, 1.165) is 0 Å². The molecule has 4 atom stereocenters.